The Balaban J connectivity index is 1.51. The predicted octanol–water partition coefficient (Wildman–Crippen LogP) is 0.0448. The molecule has 0 bridgehead atoms. The van der Waals surface area contributed by atoms with Crippen molar-refractivity contribution in [3.63, 3.8) is 0 Å². The molecule has 0 radical (unpaired) electrons. The Labute approximate surface area is 154 Å². The van der Waals surface area contributed by atoms with Crippen molar-refractivity contribution in [3.05, 3.63) is 47.3 Å². The molecule has 1 atom stereocenters. The Kier molecular flexibility index (Phi) is 4.55. The molecule has 1 N–H and O–H groups in total. The summed E-state index contributed by atoms with van der Waals surface area (Å²) in [5, 5.41) is 17.9. The molecular formula is C17H19N7O3. The van der Waals surface area contributed by atoms with Crippen molar-refractivity contribution < 1.29 is 9.84 Å². The zero-order chi connectivity index (χ0) is 18.8. The van der Waals surface area contributed by atoms with E-state index in [1.54, 1.807) is 16.9 Å². The Morgan fingerprint density at radius 3 is 2.81 bits per heavy atom. The highest BCUT2D eigenvalue weighted by atomic mass is 16.5. The van der Waals surface area contributed by atoms with E-state index in [1.165, 1.54) is 23.1 Å². The summed E-state index contributed by atoms with van der Waals surface area (Å²) in [7, 11) is 1.83. The first-order valence-corrected chi connectivity index (χ1v) is 8.53. The molecule has 10 nitrogen and oxygen atoms in total. The average Bonchev–Trinajstić information content (AvgIpc) is 3.11. The highest BCUT2D eigenvalue weighted by Gasteiger charge is 2.23. The van der Waals surface area contributed by atoms with E-state index in [4.69, 9.17) is 4.74 Å². The van der Waals surface area contributed by atoms with E-state index in [1.807, 2.05) is 18.1 Å². The molecule has 1 aliphatic heterocycles. The number of ether oxygens (including phenoxy) is 1. The van der Waals surface area contributed by atoms with Gasteiger partial charge in [-0.1, -0.05) is 0 Å². The van der Waals surface area contributed by atoms with Gasteiger partial charge < -0.3 is 14.7 Å². The summed E-state index contributed by atoms with van der Waals surface area (Å²) in [6.07, 6.45) is 6.04. The molecule has 1 saturated heterocycles. The van der Waals surface area contributed by atoms with Crippen LogP contribution in [0, 0.1) is 0 Å². The van der Waals surface area contributed by atoms with Crippen molar-refractivity contribution in [1.82, 2.24) is 29.5 Å². The first-order chi connectivity index (χ1) is 13.1. The first-order valence-electron chi connectivity index (χ1n) is 8.53. The van der Waals surface area contributed by atoms with Gasteiger partial charge in [0.2, 0.25) is 5.95 Å². The summed E-state index contributed by atoms with van der Waals surface area (Å²) in [5.41, 5.74) is 1.33. The minimum absolute atomic E-state index is 0.0199. The van der Waals surface area contributed by atoms with Gasteiger partial charge in [-0.3, -0.25) is 9.48 Å². The van der Waals surface area contributed by atoms with Crippen LogP contribution in [0.15, 0.2) is 41.7 Å². The average molecular weight is 369 g/mol. The van der Waals surface area contributed by atoms with E-state index in [0.29, 0.717) is 37.9 Å². The summed E-state index contributed by atoms with van der Waals surface area (Å²) in [4.78, 5) is 22.5. The molecule has 3 aromatic heterocycles. The largest absolute Gasteiger partial charge is 0.505 e. The zero-order valence-corrected chi connectivity index (χ0v) is 14.8. The molecule has 27 heavy (non-hydrogen) atoms. The molecule has 0 aliphatic carbocycles. The number of aryl methyl sites for hydroxylation is 1. The zero-order valence-electron chi connectivity index (χ0n) is 14.8. The van der Waals surface area contributed by atoms with Crippen molar-refractivity contribution in [2.75, 3.05) is 24.6 Å². The summed E-state index contributed by atoms with van der Waals surface area (Å²) >= 11 is 0. The number of hydrogen-bond acceptors (Lipinski definition) is 8. The summed E-state index contributed by atoms with van der Waals surface area (Å²) < 4.78 is 8.90. The topological polar surface area (TPSA) is 111 Å². The maximum absolute atomic E-state index is 12.2. The Morgan fingerprint density at radius 2 is 2.07 bits per heavy atom. The van der Waals surface area contributed by atoms with Crippen LogP contribution in [-0.2, 0) is 18.3 Å². The van der Waals surface area contributed by atoms with Gasteiger partial charge in [0.25, 0.3) is 5.56 Å². The second-order valence-electron chi connectivity index (χ2n) is 6.32. The lowest BCUT2D eigenvalue weighted by Crippen LogP contribution is -2.46. The van der Waals surface area contributed by atoms with Gasteiger partial charge in [0.05, 0.1) is 43.5 Å². The summed E-state index contributed by atoms with van der Waals surface area (Å²) in [6.45, 7) is 1.98. The predicted molar refractivity (Wildman–Crippen MR) is 96.3 cm³/mol. The number of hydrogen-bond donors (Lipinski definition) is 1. The maximum Gasteiger partial charge on any atom is 0.266 e. The van der Waals surface area contributed by atoms with Crippen LogP contribution in [0.2, 0.25) is 0 Å². The SMILES string of the molecule is Cn1cc(-c2ccc(=O)n(CC3CN(c4ncc(O)cn4)CCO3)n2)cn1. The highest BCUT2D eigenvalue weighted by molar-refractivity contribution is 5.55. The summed E-state index contributed by atoms with van der Waals surface area (Å²) in [6, 6.07) is 3.19. The maximum atomic E-state index is 12.2. The molecular weight excluding hydrogens is 350 g/mol. The van der Waals surface area contributed by atoms with Crippen molar-refractivity contribution in [2.24, 2.45) is 7.05 Å². The van der Waals surface area contributed by atoms with Gasteiger partial charge in [0.1, 0.15) is 0 Å². The molecule has 0 aromatic carbocycles. The number of rotatable bonds is 4. The van der Waals surface area contributed by atoms with Crippen LogP contribution >= 0.6 is 0 Å². The fraction of sp³-hybridized carbons (Fsp3) is 0.353. The smallest absolute Gasteiger partial charge is 0.266 e. The van der Waals surface area contributed by atoms with Crippen LogP contribution in [0.25, 0.3) is 11.3 Å². The Morgan fingerprint density at radius 1 is 1.26 bits per heavy atom. The van der Waals surface area contributed by atoms with E-state index >= 15 is 0 Å². The van der Waals surface area contributed by atoms with Gasteiger partial charge in [0.15, 0.2) is 5.75 Å². The molecule has 0 amide bonds. The van der Waals surface area contributed by atoms with Gasteiger partial charge in [-0.25, -0.2) is 14.6 Å². The van der Waals surface area contributed by atoms with Gasteiger partial charge >= 0.3 is 0 Å². The lowest BCUT2D eigenvalue weighted by Gasteiger charge is -2.32. The van der Waals surface area contributed by atoms with E-state index in [9.17, 15) is 9.90 Å². The standard InChI is InChI=1S/C17H19N7O3/c1-22-9-12(6-20-22)15-2-3-16(26)24(21-15)11-14-10-23(4-5-27-14)17-18-7-13(25)8-19-17/h2-3,6-9,14,25H,4-5,10-11H2,1H3. The van der Waals surface area contributed by atoms with Crippen molar-refractivity contribution >= 4 is 5.95 Å². The number of aromatic nitrogens is 6. The normalized spacial score (nSPS) is 17.2. The molecule has 1 unspecified atom stereocenters. The molecule has 1 aliphatic rings. The van der Waals surface area contributed by atoms with Crippen LogP contribution in [-0.4, -0.2) is 60.4 Å². The molecule has 10 heteroatoms. The third-order valence-electron chi connectivity index (χ3n) is 4.29. The Bertz CT molecular complexity index is 983. The van der Waals surface area contributed by atoms with Gasteiger partial charge in [-0.2, -0.15) is 10.2 Å². The molecule has 0 spiro atoms. The quantitative estimate of drug-likeness (QED) is 0.686. The molecule has 4 heterocycles. The Hall–Kier alpha value is -3.27. The van der Waals surface area contributed by atoms with Crippen molar-refractivity contribution in [1.29, 1.82) is 0 Å². The molecule has 4 rings (SSSR count). The molecule has 1 fully saturated rings. The minimum atomic E-state index is -0.231. The van der Waals surface area contributed by atoms with Gasteiger partial charge in [0, 0.05) is 38.0 Å². The second-order valence-corrected chi connectivity index (χ2v) is 6.32. The third-order valence-corrected chi connectivity index (χ3v) is 4.29. The monoisotopic (exact) mass is 369 g/mol. The van der Waals surface area contributed by atoms with Crippen LogP contribution in [0.3, 0.4) is 0 Å². The number of aromatic hydroxyl groups is 1. The first kappa shape index (κ1) is 17.2. The number of morpholine rings is 1. The third kappa shape index (κ3) is 3.80. The summed E-state index contributed by atoms with van der Waals surface area (Å²) in [5.74, 6) is 0.539. The van der Waals surface area contributed by atoms with Crippen LogP contribution < -0.4 is 10.5 Å². The van der Waals surface area contributed by atoms with E-state index in [2.05, 4.69) is 20.2 Å². The van der Waals surface area contributed by atoms with E-state index < -0.39 is 0 Å². The van der Waals surface area contributed by atoms with Crippen molar-refractivity contribution in [3.8, 4) is 17.0 Å². The van der Waals surface area contributed by atoms with Crippen LogP contribution in [0.1, 0.15) is 0 Å². The lowest BCUT2D eigenvalue weighted by molar-refractivity contribution is 0.0260. The fourth-order valence-electron chi connectivity index (χ4n) is 2.97. The van der Waals surface area contributed by atoms with Gasteiger partial charge in [-0.05, 0) is 6.07 Å². The minimum Gasteiger partial charge on any atom is -0.505 e. The van der Waals surface area contributed by atoms with Crippen LogP contribution in [0.4, 0.5) is 5.95 Å². The van der Waals surface area contributed by atoms with E-state index in [0.717, 1.165) is 5.56 Å². The number of anilines is 1. The fourth-order valence-corrected chi connectivity index (χ4v) is 2.97. The molecule has 0 saturated carbocycles. The second kappa shape index (κ2) is 7.16. The highest BCUT2D eigenvalue weighted by Crippen LogP contribution is 2.16. The van der Waals surface area contributed by atoms with Gasteiger partial charge in [-0.15, -0.1) is 0 Å². The number of nitrogens with zero attached hydrogens (tertiary/aromatic N) is 7. The molecule has 140 valence electrons. The van der Waals surface area contributed by atoms with Crippen molar-refractivity contribution in [2.45, 2.75) is 12.6 Å². The molecule has 3 aromatic rings. The lowest BCUT2D eigenvalue weighted by atomic mass is 10.2. The van der Waals surface area contributed by atoms with Crippen LogP contribution in [0.5, 0.6) is 5.75 Å². The van der Waals surface area contributed by atoms with E-state index in [-0.39, 0.29) is 17.4 Å².